The predicted octanol–water partition coefficient (Wildman–Crippen LogP) is 4.60. The molecule has 4 rings (SSSR count). The molecule has 150 valence electrons. The van der Waals surface area contributed by atoms with Crippen molar-refractivity contribution in [2.75, 3.05) is 17.7 Å². The highest BCUT2D eigenvalue weighted by Gasteiger charge is 2.28. The van der Waals surface area contributed by atoms with Crippen LogP contribution >= 0.6 is 23.5 Å². The Bertz CT molecular complexity index is 1160. The van der Waals surface area contributed by atoms with Crippen molar-refractivity contribution in [3.8, 4) is 17.5 Å². The van der Waals surface area contributed by atoms with Crippen LogP contribution in [0.1, 0.15) is 6.92 Å². The number of aromatic nitrogens is 3. The lowest BCUT2D eigenvalue weighted by Crippen LogP contribution is -2.16. The Morgan fingerprint density at radius 2 is 1.87 bits per heavy atom. The van der Waals surface area contributed by atoms with E-state index >= 15 is 0 Å². The zero-order valence-electron chi connectivity index (χ0n) is 16.6. The van der Waals surface area contributed by atoms with Gasteiger partial charge in [0.2, 0.25) is 0 Å². The third kappa shape index (κ3) is 3.74. The van der Waals surface area contributed by atoms with Gasteiger partial charge < -0.3 is 9.47 Å². The molecule has 1 aromatic heterocycles. The average molecular weight is 434 g/mol. The minimum atomic E-state index is -0.212. The van der Waals surface area contributed by atoms with Gasteiger partial charge in [0.25, 0.3) is 0 Å². The summed E-state index contributed by atoms with van der Waals surface area (Å²) < 4.78 is 1.98. The first kappa shape index (κ1) is 20.3. The highest BCUT2D eigenvalue weighted by molar-refractivity contribution is 8.03. The number of benzene rings is 2. The summed E-state index contributed by atoms with van der Waals surface area (Å²) in [7, 11) is 1.88. The van der Waals surface area contributed by atoms with Crippen LogP contribution in [-0.2, 0) is 11.3 Å². The van der Waals surface area contributed by atoms with E-state index < -0.39 is 0 Å². The lowest BCUT2D eigenvalue weighted by atomic mass is 10.2. The van der Waals surface area contributed by atoms with E-state index in [0.29, 0.717) is 16.7 Å². The fraction of sp³-hybridized carbons (Fsp3) is 0.182. The third-order valence-corrected chi connectivity index (χ3v) is 6.94. The van der Waals surface area contributed by atoms with Crippen molar-refractivity contribution in [2.45, 2.75) is 23.5 Å². The van der Waals surface area contributed by atoms with Crippen molar-refractivity contribution in [2.24, 2.45) is 0 Å². The van der Waals surface area contributed by atoms with Crippen molar-refractivity contribution in [3.05, 3.63) is 65.2 Å². The number of para-hydroxylation sites is 1. The maximum Gasteiger partial charge on any atom is 0.191 e. The summed E-state index contributed by atoms with van der Waals surface area (Å²) in [6.07, 6.45) is 0. The number of nitriles is 1. The Morgan fingerprint density at radius 1 is 1.13 bits per heavy atom. The second kappa shape index (κ2) is 8.78. The van der Waals surface area contributed by atoms with Crippen molar-refractivity contribution in [1.82, 2.24) is 14.8 Å². The van der Waals surface area contributed by atoms with Gasteiger partial charge in [0.05, 0.1) is 11.4 Å². The standard InChI is InChI=1S/C22H19N5OS2/c1-3-27-20(15-9-5-4-6-10-15)24-25-22(27)29-14-18(28)16(13-23)21-26(2)17-11-7-8-12-19(17)30-21/h4-12H,3,14H2,1-2H3/b21-16-. The number of allylic oxidation sites excluding steroid dienone is 1. The number of Topliss-reactive ketones (excluding diaryl/α,β-unsaturated/α-hetero) is 1. The Balaban J connectivity index is 1.54. The number of thioether (sulfide) groups is 2. The Labute approximate surface area is 183 Å². The SMILES string of the molecule is CCn1c(SCC(=O)/C(C#N)=C2\Sc3ccccc3N2C)nnc1-c1ccccc1. The van der Waals surface area contributed by atoms with E-state index in [1.54, 1.807) is 0 Å². The molecule has 0 fully saturated rings. The van der Waals surface area contributed by atoms with Crippen LogP contribution in [0.15, 0.2) is 75.3 Å². The molecule has 0 saturated heterocycles. The highest BCUT2D eigenvalue weighted by Crippen LogP contribution is 2.46. The molecule has 0 bridgehead atoms. The van der Waals surface area contributed by atoms with E-state index in [1.165, 1.54) is 23.5 Å². The molecule has 0 spiro atoms. The smallest absolute Gasteiger partial charge is 0.191 e. The fourth-order valence-electron chi connectivity index (χ4n) is 3.23. The molecule has 8 heteroatoms. The molecular formula is C22H19N5OS2. The Hall–Kier alpha value is -3.02. The molecule has 0 atom stereocenters. The maximum atomic E-state index is 12.9. The number of rotatable bonds is 6. The first-order valence-corrected chi connectivity index (χ1v) is 11.2. The van der Waals surface area contributed by atoms with Crippen LogP contribution in [0, 0.1) is 11.3 Å². The Morgan fingerprint density at radius 3 is 2.57 bits per heavy atom. The summed E-state index contributed by atoms with van der Waals surface area (Å²) in [5.74, 6) is 0.689. The van der Waals surface area contributed by atoms with E-state index in [2.05, 4.69) is 16.3 Å². The molecule has 30 heavy (non-hydrogen) atoms. The zero-order chi connectivity index (χ0) is 21.1. The molecule has 1 aliphatic rings. The number of ketones is 1. The molecule has 0 unspecified atom stereocenters. The summed E-state index contributed by atoms with van der Waals surface area (Å²) in [6, 6.07) is 19.8. The number of hydrogen-bond donors (Lipinski definition) is 0. The van der Waals surface area contributed by atoms with E-state index in [4.69, 9.17) is 0 Å². The number of carbonyl (C=O) groups is 1. The molecule has 0 N–H and O–H groups in total. The largest absolute Gasteiger partial charge is 0.337 e. The van der Waals surface area contributed by atoms with Crippen molar-refractivity contribution in [1.29, 1.82) is 5.26 Å². The van der Waals surface area contributed by atoms with Gasteiger partial charge >= 0.3 is 0 Å². The van der Waals surface area contributed by atoms with Crippen LogP contribution < -0.4 is 4.90 Å². The maximum absolute atomic E-state index is 12.9. The topological polar surface area (TPSA) is 74.8 Å². The van der Waals surface area contributed by atoms with Gasteiger partial charge in [0.1, 0.15) is 16.7 Å². The van der Waals surface area contributed by atoms with E-state index in [-0.39, 0.29) is 17.1 Å². The van der Waals surface area contributed by atoms with Gasteiger partial charge in [0.15, 0.2) is 16.8 Å². The minimum absolute atomic E-state index is 0.129. The number of anilines is 1. The summed E-state index contributed by atoms with van der Waals surface area (Å²) in [5, 5.41) is 19.6. The van der Waals surface area contributed by atoms with Crippen LogP contribution in [0.3, 0.4) is 0 Å². The second-order valence-corrected chi connectivity index (χ2v) is 8.52. The normalized spacial score (nSPS) is 14.4. The van der Waals surface area contributed by atoms with E-state index in [1.807, 2.05) is 78.0 Å². The average Bonchev–Trinajstić information content (AvgIpc) is 3.34. The molecule has 0 saturated carbocycles. The molecule has 0 amide bonds. The summed E-state index contributed by atoms with van der Waals surface area (Å²) in [5.41, 5.74) is 2.16. The van der Waals surface area contributed by atoms with E-state index in [9.17, 15) is 10.1 Å². The monoisotopic (exact) mass is 433 g/mol. The highest BCUT2D eigenvalue weighted by atomic mass is 32.2. The quantitative estimate of drug-likeness (QED) is 0.319. The molecule has 6 nitrogen and oxygen atoms in total. The van der Waals surface area contributed by atoms with Gasteiger partial charge in [-0.25, -0.2) is 0 Å². The van der Waals surface area contributed by atoms with E-state index in [0.717, 1.165) is 22.0 Å². The molecule has 0 radical (unpaired) electrons. The van der Waals surface area contributed by atoms with Gasteiger partial charge in [-0.05, 0) is 19.1 Å². The van der Waals surface area contributed by atoms with Gasteiger partial charge in [-0.1, -0.05) is 66.0 Å². The molecule has 2 aromatic carbocycles. The van der Waals surface area contributed by atoms with Gasteiger partial charge in [-0.15, -0.1) is 10.2 Å². The van der Waals surface area contributed by atoms with Crippen molar-refractivity contribution < 1.29 is 4.79 Å². The lowest BCUT2D eigenvalue weighted by molar-refractivity contribution is -0.112. The molecule has 2 heterocycles. The van der Waals surface area contributed by atoms with Crippen LogP contribution in [0.2, 0.25) is 0 Å². The van der Waals surface area contributed by atoms with Crippen molar-refractivity contribution >= 4 is 35.0 Å². The number of nitrogens with zero attached hydrogens (tertiary/aromatic N) is 5. The molecular weight excluding hydrogens is 414 g/mol. The van der Waals surface area contributed by atoms with Crippen LogP contribution in [0.4, 0.5) is 5.69 Å². The lowest BCUT2D eigenvalue weighted by Gasteiger charge is -2.14. The fourth-order valence-corrected chi connectivity index (χ4v) is 5.27. The van der Waals surface area contributed by atoms with Crippen LogP contribution in [-0.4, -0.2) is 33.3 Å². The Kier molecular flexibility index (Phi) is 5.93. The first-order chi connectivity index (χ1) is 14.6. The predicted molar refractivity (Wildman–Crippen MR) is 120 cm³/mol. The summed E-state index contributed by atoms with van der Waals surface area (Å²) in [6.45, 7) is 2.71. The number of fused-ring (bicyclic) bond motifs is 1. The van der Waals surface area contributed by atoms with Crippen LogP contribution in [0.25, 0.3) is 11.4 Å². The zero-order valence-corrected chi connectivity index (χ0v) is 18.2. The van der Waals surface area contributed by atoms with Gasteiger partial charge in [-0.2, -0.15) is 5.26 Å². The van der Waals surface area contributed by atoms with Crippen LogP contribution in [0.5, 0.6) is 0 Å². The molecule has 1 aliphatic heterocycles. The second-order valence-electron chi connectivity index (χ2n) is 6.55. The first-order valence-electron chi connectivity index (χ1n) is 9.43. The molecule has 3 aromatic rings. The minimum Gasteiger partial charge on any atom is -0.337 e. The van der Waals surface area contributed by atoms with Crippen molar-refractivity contribution in [3.63, 3.8) is 0 Å². The summed E-state index contributed by atoms with van der Waals surface area (Å²) in [4.78, 5) is 15.9. The molecule has 0 aliphatic carbocycles. The number of carbonyl (C=O) groups excluding carboxylic acids is 1. The number of hydrogen-bond acceptors (Lipinski definition) is 7. The van der Waals surface area contributed by atoms with Gasteiger partial charge in [-0.3, -0.25) is 4.79 Å². The summed E-state index contributed by atoms with van der Waals surface area (Å²) >= 11 is 2.77. The van der Waals surface area contributed by atoms with Gasteiger partial charge in [0, 0.05) is 24.1 Å². The third-order valence-electron chi connectivity index (χ3n) is 4.74.